The van der Waals surface area contributed by atoms with Crippen LogP contribution in [0.5, 0.6) is 0 Å². The van der Waals surface area contributed by atoms with Gasteiger partial charge in [0.15, 0.2) is 6.29 Å². The molecule has 0 bridgehead atoms. The maximum atomic E-state index is 11.9. The molecule has 2 rings (SSSR count). The first-order valence-electron chi connectivity index (χ1n) is 11.0. The van der Waals surface area contributed by atoms with E-state index in [2.05, 4.69) is 6.92 Å². The fourth-order valence-corrected chi connectivity index (χ4v) is 3.74. The molecular weight excluding hydrogens is 455 g/mol. The van der Waals surface area contributed by atoms with Crippen molar-refractivity contribution in [3.63, 3.8) is 0 Å². The van der Waals surface area contributed by atoms with Gasteiger partial charge in [-0.2, -0.15) is 0 Å². The van der Waals surface area contributed by atoms with Gasteiger partial charge in [0.1, 0.15) is 55.9 Å². The molecule has 2 fully saturated rings. The number of hydrogen-bond acceptors (Lipinski definition) is 12. The Morgan fingerprint density at radius 2 is 1.58 bits per heavy atom. The first-order valence-corrected chi connectivity index (χ1v) is 11.0. The van der Waals surface area contributed by atoms with Gasteiger partial charge in [-0.25, -0.2) is 0 Å². The average molecular weight is 492 g/mol. The molecule has 0 saturated carbocycles. The first kappa shape index (κ1) is 31.1. The second kappa shape index (κ2) is 14.6. The van der Waals surface area contributed by atoms with Gasteiger partial charge in [0.25, 0.3) is 0 Å². The van der Waals surface area contributed by atoms with E-state index in [4.69, 9.17) is 18.9 Å². The van der Waals surface area contributed by atoms with Gasteiger partial charge in [-0.3, -0.25) is 4.79 Å². The van der Waals surface area contributed by atoms with E-state index >= 15 is 0 Å². The topological polar surface area (TPSA) is 196 Å². The molecule has 13 heteroatoms. The summed E-state index contributed by atoms with van der Waals surface area (Å²) < 4.78 is 21.2. The van der Waals surface area contributed by atoms with Crippen molar-refractivity contribution in [2.45, 2.75) is 100 Å². The molecule has 0 amide bonds. The second-order valence-corrected chi connectivity index (χ2v) is 8.22. The summed E-state index contributed by atoms with van der Waals surface area (Å²) >= 11 is 0. The molecule has 12 nitrogen and oxygen atoms in total. The van der Waals surface area contributed by atoms with Crippen molar-refractivity contribution in [3.05, 3.63) is 0 Å². The molecule has 0 spiro atoms. The summed E-state index contributed by atoms with van der Waals surface area (Å²) in [6.45, 7) is -0.0163. The van der Waals surface area contributed by atoms with Crippen molar-refractivity contribution in [1.29, 1.82) is 0 Å². The summed E-state index contributed by atoms with van der Waals surface area (Å²) in [6, 6.07) is 0. The van der Waals surface area contributed by atoms with E-state index in [-0.39, 0.29) is 36.0 Å². The molecule has 7 N–H and O–H groups in total. The molecule has 0 aliphatic carbocycles. The number of carbonyl (C=O) groups is 1. The van der Waals surface area contributed by atoms with Gasteiger partial charge >= 0.3 is 35.5 Å². The molecule has 2 aliphatic rings. The van der Waals surface area contributed by atoms with E-state index in [1.54, 1.807) is 0 Å². The van der Waals surface area contributed by atoms with Crippen molar-refractivity contribution in [2.75, 3.05) is 19.8 Å². The van der Waals surface area contributed by atoms with Crippen LogP contribution in [0.15, 0.2) is 0 Å². The molecule has 33 heavy (non-hydrogen) atoms. The Morgan fingerprint density at radius 1 is 0.909 bits per heavy atom. The van der Waals surface area contributed by atoms with Crippen molar-refractivity contribution in [3.8, 4) is 0 Å². The maximum absolute atomic E-state index is 11.9. The summed E-state index contributed by atoms with van der Waals surface area (Å²) in [6.07, 6.45) is -7.98. The van der Waals surface area contributed by atoms with Gasteiger partial charge in [0.2, 0.25) is 5.79 Å². The van der Waals surface area contributed by atoms with E-state index in [0.29, 0.717) is 6.42 Å². The van der Waals surface area contributed by atoms with Crippen molar-refractivity contribution >= 4 is 35.5 Å². The number of carbonyl (C=O) groups excluding carboxylic acids is 1. The Hall–Kier alpha value is 0.0700. The van der Waals surface area contributed by atoms with Crippen molar-refractivity contribution in [1.82, 2.24) is 0 Å². The van der Waals surface area contributed by atoms with Crippen molar-refractivity contribution in [2.24, 2.45) is 0 Å². The zero-order valence-corrected chi connectivity index (χ0v) is 18.2. The molecule has 0 aromatic heterocycles. The summed E-state index contributed by atoms with van der Waals surface area (Å²) in [5.74, 6) is -2.77. The van der Waals surface area contributed by atoms with Crippen LogP contribution in [0.1, 0.15) is 45.4 Å². The number of aliphatic hydroxyl groups is 7. The summed E-state index contributed by atoms with van der Waals surface area (Å²) in [5, 5.41) is 69.7. The van der Waals surface area contributed by atoms with Gasteiger partial charge in [-0.1, -0.05) is 32.6 Å². The molecule has 0 unspecified atom stereocenters. The van der Waals surface area contributed by atoms with Crippen LogP contribution in [-0.4, -0.2) is 146 Å². The van der Waals surface area contributed by atoms with Crippen LogP contribution < -0.4 is 0 Å². The van der Waals surface area contributed by atoms with E-state index in [9.17, 15) is 40.5 Å². The number of unbranched alkanes of at least 4 members (excludes halogenated alkanes) is 4. The van der Waals surface area contributed by atoms with Crippen LogP contribution in [0.3, 0.4) is 0 Å². The quantitative estimate of drug-likeness (QED) is 0.0823. The minimum absolute atomic E-state index is 0. The molecule has 0 aromatic rings. The Morgan fingerprint density at radius 3 is 2.15 bits per heavy atom. The Labute approximate surface area is 214 Å². The molecule has 2 heterocycles. The third-order valence-corrected chi connectivity index (χ3v) is 5.78. The van der Waals surface area contributed by atoms with Gasteiger partial charge in [-0.15, -0.1) is 0 Å². The third-order valence-electron chi connectivity index (χ3n) is 5.78. The number of aliphatic hydroxyl groups excluding tert-OH is 7. The standard InChI is InChI=1S/C20H36O12.Na.H/c1-2-3-4-5-6-7-13(23)29-9-12-14(24)16(26)17(27)19(30-12)32-20(10-22)18(28)15(25)11(8-21)31-20;;/h11-12,14-19,21-22,24-28H,2-10H2,1H3;;/t11-,12-,14-,15-,16+,17-,18+,19-,20+;;/m1../s1. The van der Waals surface area contributed by atoms with Gasteiger partial charge in [0.05, 0.1) is 6.61 Å². The molecule has 2 saturated heterocycles. The van der Waals surface area contributed by atoms with Crippen LogP contribution >= 0.6 is 0 Å². The molecule has 2 aliphatic heterocycles. The second-order valence-electron chi connectivity index (χ2n) is 8.22. The van der Waals surface area contributed by atoms with Crippen molar-refractivity contribution < 1.29 is 59.5 Å². The number of ether oxygens (including phenoxy) is 4. The van der Waals surface area contributed by atoms with Crippen LogP contribution in [0.4, 0.5) is 0 Å². The third kappa shape index (κ3) is 7.78. The van der Waals surface area contributed by atoms with Crippen LogP contribution in [0.25, 0.3) is 0 Å². The fraction of sp³-hybridized carbons (Fsp3) is 0.950. The molecule has 0 radical (unpaired) electrons. The zero-order chi connectivity index (χ0) is 23.9. The zero-order valence-electron chi connectivity index (χ0n) is 18.2. The fourth-order valence-electron chi connectivity index (χ4n) is 3.74. The van der Waals surface area contributed by atoms with E-state index in [1.807, 2.05) is 0 Å². The minimum atomic E-state index is -2.26. The van der Waals surface area contributed by atoms with Gasteiger partial charge in [0, 0.05) is 6.42 Å². The van der Waals surface area contributed by atoms with Gasteiger partial charge in [-0.05, 0) is 6.42 Å². The monoisotopic (exact) mass is 492 g/mol. The van der Waals surface area contributed by atoms with Crippen LogP contribution in [0.2, 0.25) is 0 Å². The normalized spacial score (nSPS) is 38.7. The van der Waals surface area contributed by atoms with Crippen LogP contribution in [-0.2, 0) is 23.7 Å². The molecular formula is C20H37NaO12. The number of hydrogen-bond donors (Lipinski definition) is 7. The van der Waals surface area contributed by atoms with Crippen LogP contribution in [0, 0.1) is 0 Å². The van der Waals surface area contributed by atoms with Gasteiger partial charge < -0.3 is 54.7 Å². The summed E-state index contributed by atoms with van der Waals surface area (Å²) in [4.78, 5) is 11.9. The number of rotatable bonds is 12. The van der Waals surface area contributed by atoms with E-state index in [1.165, 1.54) is 0 Å². The van der Waals surface area contributed by atoms with E-state index < -0.39 is 80.6 Å². The predicted molar refractivity (Wildman–Crippen MR) is 113 cm³/mol. The average Bonchev–Trinajstić information content (AvgIpc) is 3.03. The number of esters is 1. The molecule has 0 aromatic carbocycles. The molecule has 190 valence electrons. The summed E-state index contributed by atoms with van der Waals surface area (Å²) in [5.41, 5.74) is 0. The first-order chi connectivity index (χ1) is 15.2. The summed E-state index contributed by atoms with van der Waals surface area (Å²) in [7, 11) is 0. The Balaban J connectivity index is 0.00000544. The Bertz CT molecular complexity index is 583. The predicted octanol–water partition coefficient (Wildman–Crippen LogP) is -3.13. The molecule has 9 atom stereocenters. The van der Waals surface area contributed by atoms with E-state index in [0.717, 1.165) is 25.7 Å². The SMILES string of the molecule is CCCCCCCC(=O)OC[C@H]1O[C@H](O[C@]2(CO)O[C@H](CO)[C@@H](O)[C@@H]2O)[C@H](O)[C@@H](O)[C@@H]1O.[NaH]. The Kier molecular flexibility index (Phi) is 13.7.